The molecule has 0 aromatic heterocycles. The lowest BCUT2D eigenvalue weighted by Gasteiger charge is -2.11. The maximum absolute atomic E-state index is 13.2. The Labute approximate surface area is 116 Å². The molecule has 20 heavy (non-hydrogen) atoms. The van der Waals surface area contributed by atoms with Gasteiger partial charge < -0.3 is 19.5 Å². The highest BCUT2D eigenvalue weighted by Crippen LogP contribution is 2.16. The van der Waals surface area contributed by atoms with Gasteiger partial charge in [-0.1, -0.05) is 18.2 Å². The third kappa shape index (κ3) is 3.49. The summed E-state index contributed by atoms with van der Waals surface area (Å²) in [6.45, 7) is 0.167. The van der Waals surface area contributed by atoms with Gasteiger partial charge in [0.15, 0.2) is 0 Å². The Morgan fingerprint density at radius 2 is 1.95 bits per heavy atom. The first-order valence-electron chi connectivity index (χ1n) is 6.01. The van der Waals surface area contributed by atoms with Crippen molar-refractivity contribution in [2.75, 3.05) is 7.11 Å². The van der Waals surface area contributed by atoms with Crippen LogP contribution in [-0.4, -0.2) is 24.3 Å². The Bertz CT molecular complexity index is 589. The summed E-state index contributed by atoms with van der Waals surface area (Å²) in [4.78, 5) is 0. The van der Waals surface area contributed by atoms with Crippen molar-refractivity contribution >= 4 is 12.6 Å². The summed E-state index contributed by atoms with van der Waals surface area (Å²) in [5.41, 5.74) is 0.946. The average Bonchev–Trinajstić information content (AvgIpc) is 2.45. The molecular formula is C14H14BFO4. The van der Waals surface area contributed by atoms with E-state index in [0.29, 0.717) is 5.75 Å². The number of hydrogen-bond donors (Lipinski definition) is 2. The van der Waals surface area contributed by atoms with Gasteiger partial charge in [-0.2, -0.15) is 0 Å². The standard InChI is InChI=1S/C14H14BFO4/c1-19-12-4-2-3-10(7-12)9-20-14-8-11(16)5-6-13(14)15(17)18/h2-8,17-18H,9H2,1H3. The monoisotopic (exact) mass is 276 g/mol. The minimum Gasteiger partial charge on any atom is -0.497 e. The summed E-state index contributed by atoms with van der Waals surface area (Å²) >= 11 is 0. The van der Waals surface area contributed by atoms with Crippen molar-refractivity contribution in [1.82, 2.24) is 0 Å². The Kier molecular flexibility index (Phi) is 4.60. The van der Waals surface area contributed by atoms with Gasteiger partial charge in [0.2, 0.25) is 0 Å². The third-order valence-electron chi connectivity index (χ3n) is 2.78. The summed E-state index contributed by atoms with van der Waals surface area (Å²) in [6.07, 6.45) is 0. The fourth-order valence-corrected chi connectivity index (χ4v) is 1.77. The predicted molar refractivity (Wildman–Crippen MR) is 73.6 cm³/mol. The first kappa shape index (κ1) is 14.4. The zero-order valence-corrected chi connectivity index (χ0v) is 10.9. The number of methoxy groups -OCH3 is 1. The average molecular weight is 276 g/mol. The van der Waals surface area contributed by atoms with Gasteiger partial charge in [-0.25, -0.2) is 4.39 Å². The van der Waals surface area contributed by atoms with Gasteiger partial charge in [0.05, 0.1) is 7.11 Å². The second-order valence-corrected chi connectivity index (χ2v) is 4.20. The SMILES string of the molecule is COc1cccc(COc2cc(F)ccc2B(O)O)c1. The quantitative estimate of drug-likeness (QED) is 0.803. The number of halogens is 1. The van der Waals surface area contributed by atoms with Crippen LogP contribution in [0.25, 0.3) is 0 Å². The topological polar surface area (TPSA) is 58.9 Å². The van der Waals surface area contributed by atoms with Gasteiger partial charge in [-0.15, -0.1) is 0 Å². The van der Waals surface area contributed by atoms with Gasteiger partial charge in [0.25, 0.3) is 0 Å². The molecule has 0 atom stereocenters. The van der Waals surface area contributed by atoms with Gasteiger partial charge >= 0.3 is 7.12 Å². The summed E-state index contributed by atoms with van der Waals surface area (Å²) in [7, 11) is -0.150. The van der Waals surface area contributed by atoms with E-state index in [-0.39, 0.29) is 17.8 Å². The molecule has 0 spiro atoms. The molecule has 2 rings (SSSR count). The first-order chi connectivity index (χ1) is 9.60. The van der Waals surface area contributed by atoms with Crippen LogP contribution in [-0.2, 0) is 6.61 Å². The van der Waals surface area contributed by atoms with Crippen LogP contribution >= 0.6 is 0 Å². The number of rotatable bonds is 5. The molecule has 0 saturated carbocycles. The fraction of sp³-hybridized carbons (Fsp3) is 0.143. The van der Waals surface area contributed by atoms with Crippen molar-refractivity contribution in [3.8, 4) is 11.5 Å². The van der Waals surface area contributed by atoms with E-state index < -0.39 is 12.9 Å². The van der Waals surface area contributed by atoms with E-state index in [0.717, 1.165) is 17.7 Å². The van der Waals surface area contributed by atoms with Crippen LogP contribution in [0.1, 0.15) is 5.56 Å². The Hall–Kier alpha value is -2.05. The first-order valence-corrected chi connectivity index (χ1v) is 6.01. The number of benzene rings is 2. The van der Waals surface area contributed by atoms with E-state index in [9.17, 15) is 14.4 Å². The molecule has 4 nitrogen and oxygen atoms in total. The summed E-state index contributed by atoms with van der Waals surface area (Å²) in [5.74, 6) is 0.283. The smallest absolute Gasteiger partial charge is 0.492 e. The largest absolute Gasteiger partial charge is 0.497 e. The Balaban J connectivity index is 2.15. The van der Waals surface area contributed by atoms with Crippen LogP contribution in [0, 0.1) is 5.82 Å². The molecule has 0 heterocycles. The maximum atomic E-state index is 13.2. The lowest BCUT2D eigenvalue weighted by Crippen LogP contribution is -2.31. The predicted octanol–water partition coefficient (Wildman–Crippen LogP) is 1.09. The summed E-state index contributed by atoms with van der Waals surface area (Å²) < 4.78 is 23.7. The van der Waals surface area contributed by atoms with Crippen molar-refractivity contribution < 1.29 is 23.9 Å². The lowest BCUT2D eigenvalue weighted by molar-refractivity contribution is 0.304. The van der Waals surface area contributed by atoms with E-state index in [4.69, 9.17) is 9.47 Å². The summed E-state index contributed by atoms with van der Waals surface area (Å²) in [6, 6.07) is 10.8. The molecular weight excluding hydrogens is 262 g/mol. The van der Waals surface area contributed by atoms with Crippen molar-refractivity contribution in [2.24, 2.45) is 0 Å². The molecule has 0 aliphatic heterocycles. The van der Waals surface area contributed by atoms with Crippen LogP contribution in [0.15, 0.2) is 42.5 Å². The number of hydrogen-bond acceptors (Lipinski definition) is 4. The molecule has 0 radical (unpaired) electrons. The van der Waals surface area contributed by atoms with E-state index in [1.165, 1.54) is 6.07 Å². The van der Waals surface area contributed by atoms with Crippen LogP contribution in [0.2, 0.25) is 0 Å². The zero-order valence-electron chi connectivity index (χ0n) is 10.9. The third-order valence-corrected chi connectivity index (χ3v) is 2.78. The molecule has 6 heteroatoms. The molecule has 2 N–H and O–H groups in total. The van der Waals surface area contributed by atoms with E-state index in [1.54, 1.807) is 19.2 Å². The molecule has 2 aromatic rings. The van der Waals surface area contributed by atoms with Crippen molar-refractivity contribution in [3.05, 3.63) is 53.8 Å². The molecule has 0 bridgehead atoms. The minimum absolute atomic E-state index is 0.0998. The highest BCUT2D eigenvalue weighted by molar-refractivity contribution is 6.59. The molecule has 104 valence electrons. The van der Waals surface area contributed by atoms with Gasteiger partial charge in [0.1, 0.15) is 23.9 Å². The van der Waals surface area contributed by atoms with Crippen molar-refractivity contribution in [1.29, 1.82) is 0 Å². The Morgan fingerprint density at radius 1 is 1.15 bits per heavy atom. The van der Waals surface area contributed by atoms with E-state index in [1.807, 2.05) is 12.1 Å². The normalized spacial score (nSPS) is 10.2. The van der Waals surface area contributed by atoms with Crippen LogP contribution in [0.3, 0.4) is 0 Å². The summed E-state index contributed by atoms with van der Waals surface area (Å²) in [5, 5.41) is 18.4. The second-order valence-electron chi connectivity index (χ2n) is 4.20. The highest BCUT2D eigenvalue weighted by atomic mass is 19.1. The van der Waals surface area contributed by atoms with Crippen LogP contribution in [0.4, 0.5) is 4.39 Å². The van der Waals surface area contributed by atoms with Crippen LogP contribution in [0.5, 0.6) is 11.5 Å². The van der Waals surface area contributed by atoms with Gasteiger partial charge in [-0.3, -0.25) is 0 Å². The number of ether oxygens (including phenoxy) is 2. The molecule has 0 unspecified atom stereocenters. The van der Waals surface area contributed by atoms with Gasteiger partial charge in [0, 0.05) is 11.5 Å². The van der Waals surface area contributed by atoms with E-state index in [2.05, 4.69) is 0 Å². The lowest BCUT2D eigenvalue weighted by atomic mass is 9.79. The zero-order chi connectivity index (χ0) is 14.5. The molecule has 0 saturated heterocycles. The van der Waals surface area contributed by atoms with Crippen molar-refractivity contribution in [2.45, 2.75) is 6.61 Å². The van der Waals surface area contributed by atoms with E-state index >= 15 is 0 Å². The van der Waals surface area contributed by atoms with Crippen molar-refractivity contribution in [3.63, 3.8) is 0 Å². The molecule has 0 aliphatic carbocycles. The Morgan fingerprint density at radius 3 is 2.65 bits per heavy atom. The molecule has 2 aromatic carbocycles. The highest BCUT2D eigenvalue weighted by Gasteiger charge is 2.17. The molecule has 0 amide bonds. The van der Waals surface area contributed by atoms with Gasteiger partial charge in [-0.05, 0) is 23.8 Å². The minimum atomic E-state index is -1.71. The fourth-order valence-electron chi connectivity index (χ4n) is 1.77. The second kappa shape index (κ2) is 6.41. The maximum Gasteiger partial charge on any atom is 0.492 e. The molecule has 0 aliphatic rings. The molecule has 0 fully saturated rings. The van der Waals surface area contributed by atoms with Crippen LogP contribution < -0.4 is 14.9 Å².